The maximum Gasteiger partial charge on any atom is 0.256 e. The van der Waals surface area contributed by atoms with Gasteiger partial charge in [0, 0.05) is 18.7 Å². The lowest BCUT2D eigenvalue weighted by atomic mass is 10.0. The highest BCUT2D eigenvalue weighted by molar-refractivity contribution is 7.89. The van der Waals surface area contributed by atoms with Gasteiger partial charge in [0.1, 0.15) is 5.75 Å². The molecule has 0 aromatic heterocycles. The second-order valence-corrected chi connectivity index (χ2v) is 8.59. The van der Waals surface area contributed by atoms with Gasteiger partial charge in [-0.2, -0.15) is 4.31 Å². The van der Waals surface area contributed by atoms with Gasteiger partial charge in [0.15, 0.2) is 0 Å². The lowest BCUT2D eigenvalue weighted by Gasteiger charge is -2.26. The second kappa shape index (κ2) is 8.30. The molecule has 2 aromatic rings. The van der Waals surface area contributed by atoms with Crippen molar-refractivity contribution in [2.45, 2.75) is 18.7 Å². The van der Waals surface area contributed by atoms with E-state index in [1.165, 1.54) is 23.5 Å². The number of methoxy groups -OCH3 is 1. The number of hydrogen-bond donors (Lipinski definition) is 1. The van der Waals surface area contributed by atoms with Crippen molar-refractivity contribution in [3.63, 3.8) is 0 Å². The van der Waals surface area contributed by atoms with E-state index in [2.05, 4.69) is 5.32 Å². The molecule has 8 heteroatoms. The first kappa shape index (κ1) is 20.3. The number of anilines is 1. The van der Waals surface area contributed by atoms with Gasteiger partial charge in [0.25, 0.3) is 5.91 Å². The predicted octanol–water partition coefficient (Wildman–Crippen LogP) is 2.59. The van der Waals surface area contributed by atoms with Crippen LogP contribution in [0.15, 0.2) is 41.3 Å². The van der Waals surface area contributed by atoms with Gasteiger partial charge >= 0.3 is 0 Å². The van der Waals surface area contributed by atoms with Gasteiger partial charge in [-0.15, -0.1) is 0 Å². The molecular weight excluding hydrogens is 380 g/mol. The van der Waals surface area contributed by atoms with Crippen LogP contribution in [-0.2, 0) is 14.8 Å². The van der Waals surface area contributed by atoms with Gasteiger partial charge in [-0.25, -0.2) is 8.42 Å². The zero-order valence-electron chi connectivity index (χ0n) is 16.2. The van der Waals surface area contributed by atoms with Gasteiger partial charge in [-0.3, -0.25) is 4.79 Å². The largest absolute Gasteiger partial charge is 0.495 e. The zero-order chi connectivity index (χ0) is 20.3. The van der Waals surface area contributed by atoms with E-state index in [1.54, 1.807) is 12.1 Å². The molecule has 1 aliphatic rings. The zero-order valence-corrected chi connectivity index (χ0v) is 17.0. The fraction of sp³-hybridized carbons (Fsp3) is 0.350. The van der Waals surface area contributed by atoms with E-state index in [9.17, 15) is 13.2 Å². The normalized spacial score (nSPS) is 15.2. The van der Waals surface area contributed by atoms with Crippen LogP contribution in [0.25, 0.3) is 0 Å². The third kappa shape index (κ3) is 4.19. The molecule has 0 atom stereocenters. The van der Waals surface area contributed by atoms with Gasteiger partial charge in [-0.1, -0.05) is 17.7 Å². The minimum Gasteiger partial charge on any atom is -0.495 e. The Morgan fingerprint density at radius 3 is 2.50 bits per heavy atom. The second-order valence-electron chi connectivity index (χ2n) is 6.65. The molecule has 150 valence electrons. The summed E-state index contributed by atoms with van der Waals surface area (Å²) in [6.07, 6.45) is 0. The molecule has 7 nitrogen and oxygen atoms in total. The van der Waals surface area contributed by atoms with Crippen LogP contribution in [0.5, 0.6) is 5.75 Å². The number of ether oxygens (including phenoxy) is 2. The van der Waals surface area contributed by atoms with Crippen LogP contribution in [0.2, 0.25) is 0 Å². The van der Waals surface area contributed by atoms with E-state index in [0.717, 1.165) is 11.1 Å². The smallest absolute Gasteiger partial charge is 0.256 e. The van der Waals surface area contributed by atoms with E-state index in [1.807, 2.05) is 26.0 Å². The molecule has 0 saturated carbocycles. The number of carbonyl (C=O) groups excluding carboxylic acids is 1. The van der Waals surface area contributed by atoms with Gasteiger partial charge < -0.3 is 14.8 Å². The van der Waals surface area contributed by atoms with Crippen molar-refractivity contribution in [3.05, 3.63) is 53.1 Å². The molecule has 0 aliphatic carbocycles. The number of hydrogen-bond acceptors (Lipinski definition) is 5. The average molecular weight is 404 g/mol. The fourth-order valence-corrected chi connectivity index (χ4v) is 4.49. The number of morpholine rings is 1. The molecule has 1 fully saturated rings. The Labute approximate surface area is 165 Å². The third-order valence-corrected chi connectivity index (χ3v) is 6.56. The minimum absolute atomic E-state index is 0.103. The predicted molar refractivity (Wildman–Crippen MR) is 106 cm³/mol. The van der Waals surface area contributed by atoms with Crippen LogP contribution < -0.4 is 10.1 Å². The maximum absolute atomic E-state index is 12.9. The minimum atomic E-state index is -3.68. The first-order valence-electron chi connectivity index (χ1n) is 8.97. The molecule has 1 heterocycles. The Balaban J connectivity index is 1.93. The lowest BCUT2D eigenvalue weighted by Crippen LogP contribution is -2.40. The van der Waals surface area contributed by atoms with Crippen molar-refractivity contribution in [3.8, 4) is 5.75 Å². The van der Waals surface area contributed by atoms with E-state index in [-0.39, 0.29) is 10.8 Å². The van der Waals surface area contributed by atoms with Gasteiger partial charge in [-0.05, 0) is 43.7 Å². The SMILES string of the molecule is COc1ccc(S(=O)(=O)N2CCOCC2)cc1NC(=O)c1cc(C)ccc1C. The molecule has 0 spiro atoms. The van der Waals surface area contributed by atoms with Crippen LogP contribution in [0.4, 0.5) is 5.69 Å². The number of benzene rings is 2. The molecule has 3 rings (SSSR count). The average Bonchev–Trinajstić information content (AvgIpc) is 2.70. The molecule has 2 aromatic carbocycles. The number of rotatable bonds is 5. The molecule has 0 radical (unpaired) electrons. The van der Waals surface area contributed by atoms with Crippen molar-refractivity contribution < 1.29 is 22.7 Å². The summed E-state index contributed by atoms with van der Waals surface area (Å²) in [4.78, 5) is 12.9. The topological polar surface area (TPSA) is 84.9 Å². The summed E-state index contributed by atoms with van der Waals surface area (Å²) in [5.41, 5.74) is 2.64. The quantitative estimate of drug-likeness (QED) is 0.828. The van der Waals surface area contributed by atoms with Gasteiger partial charge in [0.05, 0.1) is 30.9 Å². The van der Waals surface area contributed by atoms with Crippen LogP contribution in [-0.4, -0.2) is 52.0 Å². The van der Waals surface area contributed by atoms with Crippen molar-refractivity contribution in [2.24, 2.45) is 0 Å². The van der Waals surface area contributed by atoms with Crippen LogP contribution >= 0.6 is 0 Å². The first-order chi connectivity index (χ1) is 13.3. The Bertz CT molecular complexity index is 982. The number of nitrogens with one attached hydrogen (secondary N) is 1. The summed E-state index contributed by atoms with van der Waals surface area (Å²) in [6.45, 7) is 5.10. The molecule has 28 heavy (non-hydrogen) atoms. The van der Waals surface area contributed by atoms with Crippen molar-refractivity contribution >= 4 is 21.6 Å². The Morgan fingerprint density at radius 1 is 1.11 bits per heavy atom. The number of sulfonamides is 1. The molecule has 0 bridgehead atoms. The Hall–Kier alpha value is -2.42. The highest BCUT2D eigenvalue weighted by Crippen LogP contribution is 2.30. The molecule has 1 saturated heterocycles. The lowest BCUT2D eigenvalue weighted by molar-refractivity contribution is 0.0730. The highest BCUT2D eigenvalue weighted by Gasteiger charge is 2.27. The number of nitrogens with zero attached hydrogens (tertiary/aromatic N) is 1. The highest BCUT2D eigenvalue weighted by atomic mass is 32.2. The Kier molecular flexibility index (Phi) is 6.02. The third-order valence-electron chi connectivity index (χ3n) is 4.66. The first-order valence-corrected chi connectivity index (χ1v) is 10.4. The number of amides is 1. The van der Waals surface area contributed by atoms with Gasteiger partial charge in [0.2, 0.25) is 10.0 Å². The van der Waals surface area contributed by atoms with E-state index < -0.39 is 10.0 Å². The molecule has 1 aliphatic heterocycles. The maximum atomic E-state index is 12.9. The van der Waals surface area contributed by atoms with E-state index in [4.69, 9.17) is 9.47 Å². The molecule has 1 N–H and O–H groups in total. The summed E-state index contributed by atoms with van der Waals surface area (Å²) in [5.74, 6) is 0.0694. The summed E-state index contributed by atoms with van der Waals surface area (Å²) in [7, 11) is -2.21. The number of aryl methyl sites for hydroxylation is 2. The van der Waals surface area contributed by atoms with E-state index >= 15 is 0 Å². The summed E-state index contributed by atoms with van der Waals surface area (Å²) in [6, 6.07) is 10.1. The standard InChI is InChI=1S/C20H24N2O5S/c1-14-4-5-15(2)17(12-14)20(23)21-18-13-16(6-7-19(18)26-3)28(24,25)22-8-10-27-11-9-22/h4-7,12-13H,8-11H2,1-3H3,(H,21,23). The van der Waals surface area contributed by atoms with Crippen LogP contribution in [0.3, 0.4) is 0 Å². The summed E-state index contributed by atoms with van der Waals surface area (Å²) in [5, 5.41) is 2.79. The van der Waals surface area contributed by atoms with Crippen LogP contribution in [0, 0.1) is 13.8 Å². The molecule has 0 unspecified atom stereocenters. The van der Waals surface area contributed by atoms with Crippen molar-refractivity contribution in [1.29, 1.82) is 0 Å². The number of carbonyl (C=O) groups is 1. The summed E-state index contributed by atoms with van der Waals surface area (Å²) >= 11 is 0. The van der Waals surface area contributed by atoms with Crippen LogP contribution in [0.1, 0.15) is 21.5 Å². The van der Waals surface area contributed by atoms with Crippen molar-refractivity contribution in [1.82, 2.24) is 4.31 Å². The molecular formula is C20H24N2O5S. The van der Waals surface area contributed by atoms with E-state index in [0.29, 0.717) is 43.3 Å². The van der Waals surface area contributed by atoms with Crippen molar-refractivity contribution in [2.75, 3.05) is 38.7 Å². The fourth-order valence-electron chi connectivity index (χ4n) is 3.05. The Morgan fingerprint density at radius 2 is 1.82 bits per heavy atom. The summed E-state index contributed by atoms with van der Waals surface area (Å²) < 4.78 is 37.7. The monoisotopic (exact) mass is 404 g/mol. The molecule has 1 amide bonds.